The molecule has 2 N–H and O–H groups in total. The third-order valence-electron chi connectivity index (χ3n) is 5.62. The van der Waals surface area contributed by atoms with Crippen molar-refractivity contribution in [3.8, 4) is 0 Å². The summed E-state index contributed by atoms with van der Waals surface area (Å²) in [5.74, 6) is -0.246. The van der Waals surface area contributed by atoms with Crippen LogP contribution in [0.4, 0.5) is 5.69 Å². The SMILES string of the molecule is COC(=O)C1=C(C)N(C)C(=S)NC1c1cccc(NC(=O)C2CCCCC2)c1. The van der Waals surface area contributed by atoms with E-state index in [1.165, 1.54) is 13.5 Å². The molecule has 150 valence electrons. The van der Waals surface area contributed by atoms with Gasteiger partial charge < -0.3 is 20.3 Å². The van der Waals surface area contributed by atoms with Gasteiger partial charge in [-0.3, -0.25) is 4.79 Å². The van der Waals surface area contributed by atoms with Gasteiger partial charge in [0.25, 0.3) is 0 Å². The smallest absolute Gasteiger partial charge is 0.337 e. The summed E-state index contributed by atoms with van der Waals surface area (Å²) in [4.78, 5) is 26.8. The average Bonchev–Trinajstić information content (AvgIpc) is 2.72. The number of nitrogens with one attached hydrogen (secondary N) is 2. The Morgan fingerprint density at radius 3 is 2.64 bits per heavy atom. The number of nitrogens with zero attached hydrogens (tertiary/aromatic N) is 1. The molecule has 0 radical (unpaired) electrons. The summed E-state index contributed by atoms with van der Waals surface area (Å²) in [6.45, 7) is 1.85. The third kappa shape index (κ3) is 4.19. The van der Waals surface area contributed by atoms with Crippen molar-refractivity contribution in [1.82, 2.24) is 10.2 Å². The molecule has 1 saturated carbocycles. The normalized spacial score (nSPS) is 20.6. The minimum Gasteiger partial charge on any atom is -0.466 e. The number of allylic oxidation sites excluding steroid dienone is 1. The predicted molar refractivity (Wildman–Crippen MR) is 113 cm³/mol. The fourth-order valence-electron chi connectivity index (χ4n) is 3.86. The Morgan fingerprint density at radius 2 is 1.96 bits per heavy atom. The Morgan fingerprint density at radius 1 is 1.25 bits per heavy atom. The summed E-state index contributed by atoms with van der Waals surface area (Å²) in [5, 5.41) is 6.78. The molecule has 1 aromatic rings. The van der Waals surface area contributed by atoms with E-state index in [0.717, 1.165) is 42.6 Å². The van der Waals surface area contributed by atoms with Crippen molar-refractivity contribution in [1.29, 1.82) is 0 Å². The monoisotopic (exact) mass is 401 g/mol. The Hall–Kier alpha value is -2.41. The van der Waals surface area contributed by atoms with Gasteiger partial charge in [0, 0.05) is 24.4 Å². The zero-order chi connectivity index (χ0) is 20.3. The van der Waals surface area contributed by atoms with Crippen molar-refractivity contribution in [2.45, 2.75) is 45.1 Å². The van der Waals surface area contributed by atoms with Gasteiger partial charge in [-0.15, -0.1) is 0 Å². The van der Waals surface area contributed by atoms with E-state index in [2.05, 4.69) is 10.6 Å². The Labute approximate surface area is 171 Å². The van der Waals surface area contributed by atoms with Crippen molar-refractivity contribution >= 4 is 34.9 Å². The molecule has 28 heavy (non-hydrogen) atoms. The van der Waals surface area contributed by atoms with Crippen LogP contribution >= 0.6 is 12.2 Å². The topological polar surface area (TPSA) is 70.7 Å². The number of thiocarbonyl (C=S) groups is 1. The molecule has 2 aliphatic rings. The molecule has 1 amide bonds. The van der Waals surface area contributed by atoms with Gasteiger partial charge in [0.15, 0.2) is 5.11 Å². The lowest BCUT2D eigenvalue weighted by atomic mass is 9.88. The fraction of sp³-hybridized carbons (Fsp3) is 0.476. The first-order chi connectivity index (χ1) is 13.4. The van der Waals surface area contributed by atoms with Crippen LogP contribution in [0.3, 0.4) is 0 Å². The molecular weight excluding hydrogens is 374 g/mol. The second kappa shape index (κ2) is 8.73. The van der Waals surface area contributed by atoms with Crippen LogP contribution in [-0.2, 0) is 14.3 Å². The minimum atomic E-state index is -0.428. The Bertz CT molecular complexity index is 815. The molecule has 0 bridgehead atoms. The Kier molecular flexibility index (Phi) is 6.34. The summed E-state index contributed by atoms with van der Waals surface area (Å²) in [7, 11) is 3.18. The van der Waals surface area contributed by atoms with E-state index in [9.17, 15) is 9.59 Å². The molecule has 1 aliphatic carbocycles. The molecule has 0 aromatic heterocycles. The van der Waals surface area contributed by atoms with Crippen molar-refractivity contribution in [2.75, 3.05) is 19.5 Å². The van der Waals surface area contributed by atoms with E-state index in [1.807, 2.05) is 38.2 Å². The highest BCUT2D eigenvalue weighted by Crippen LogP contribution is 2.32. The number of hydrogen-bond donors (Lipinski definition) is 2. The molecule has 1 atom stereocenters. The summed E-state index contributed by atoms with van der Waals surface area (Å²) in [6.07, 6.45) is 5.34. The zero-order valence-electron chi connectivity index (χ0n) is 16.6. The second-order valence-corrected chi connectivity index (χ2v) is 7.77. The van der Waals surface area contributed by atoms with E-state index in [0.29, 0.717) is 10.7 Å². The van der Waals surface area contributed by atoms with E-state index in [4.69, 9.17) is 17.0 Å². The van der Waals surface area contributed by atoms with Crippen LogP contribution in [0.25, 0.3) is 0 Å². The number of rotatable bonds is 4. The number of ether oxygens (including phenoxy) is 1. The highest BCUT2D eigenvalue weighted by Gasteiger charge is 2.33. The standard InChI is InChI=1S/C21H27N3O3S/c1-13-17(20(26)27-3)18(23-21(28)24(13)2)15-10-7-11-16(12-15)22-19(25)14-8-5-4-6-9-14/h7,10-12,14,18H,4-6,8-9H2,1-3H3,(H,22,25)(H,23,28). The molecule has 0 spiro atoms. The van der Waals surface area contributed by atoms with Gasteiger partial charge in [0.05, 0.1) is 18.7 Å². The molecule has 1 heterocycles. The molecular formula is C21H27N3O3S. The summed E-state index contributed by atoms with van der Waals surface area (Å²) in [5.41, 5.74) is 2.82. The van der Waals surface area contributed by atoms with E-state index < -0.39 is 12.0 Å². The van der Waals surface area contributed by atoms with Crippen molar-refractivity contribution < 1.29 is 14.3 Å². The summed E-state index contributed by atoms with van der Waals surface area (Å²) >= 11 is 5.41. The van der Waals surface area contributed by atoms with Gasteiger partial charge in [0.1, 0.15) is 0 Å². The number of carbonyl (C=O) groups excluding carboxylic acids is 2. The highest BCUT2D eigenvalue weighted by molar-refractivity contribution is 7.80. The molecule has 1 aromatic carbocycles. The third-order valence-corrected chi connectivity index (χ3v) is 6.01. The van der Waals surface area contributed by atoms with Crippen LogP contribution < -0.4 is 10.6 Å². The second-order valence-electron chi connectivity index (χ2n) is 7.38. The summed E-state index contributed by atoms with van der Waals surface area (Å²) in [6, 6.07) is 7.12. The van der Waals surface area contributed by atoms with Crippen molar-refractivity contribution in [2.24, 2.45) is 5.92 Å². The quantitative estimate of drug-likeness (QED) is 0.594. The fourth-order valence-corrected chi connectivity index (χ4v) is 4.12. The van der Waals surface area contributed by atoms with Crippen molar-refractivity contribution in [3.05, 3.63) is 41.1 Å². The first-order valence-corrected chi connectivity index (χ1v) is 10.1. The van der Waals surface area contributed by atoms with Gasteiger partial charge in [0.2, 0.25) is 5.91 Å². The zero-order valence-corrected chi connectivity index (χ0v) is 17.4. The van der Waals surface area contributed by atoms with Crippen LogP contribution in [0, 0.1) is 5.92 Å². The van der Waals surface area contributed by atoms with E-state index in [1.54, 1.807) is 4.90 Å². The van der Waals surface area contributed by atoms with Crippen LogP contribution in [0.15, 0.2) is 35.5 Å². The molecule has 6 nitrogen and oxygen atoms in total. The first-order valence-electron chi connectivity index (χ1n) is 9.66. The van der Waals surface area contributed by atoms with Crippen LogP contribution in [0.5, 0.6) is 0 Å². The molecule has 1 unspecified atom stereocenters. The number of benzene rings is 1. The number of hydrogen-bond acceptors (Lipinski definition) is 4. The van der Waals surface area contributed by atoms with E-state index >= 15 is 0 Å². The van der Waals surface area contributed by atoms with Crippen molar-refractivity contribution in [3.63, 3.8) is 0 Å². The molecule has 1 aliphatic heterocycles. The largest absolute Gasteiger partial charge is 0.466 e. The van der Waals surface area contributed by atoms with Gasteiger partial charge >= 0.3 is 5.97 Å². The molecule has 7 heteroatoms. The average molecular weight is 402 g/mol. The molecule has 3 rings (SSSR count). The number of amides is 1. The number of esters is 1. The van der Waals surface area contributed by atoms with E-state index in [-0.39, 0.29) is 11.8 Å². The van der Waals surface area contributed by atoms with Gasteiger partial charge in [-0.25, -0.2) is 4.79 Å². The summed E-state index contributed by atoms with van der Waals surface area (Å²) < 4.78 is 4.99. The maximum absolute atomic E-state index is 12.6. The van der Waals surface area contributed by atoms with Gasteiger partial charge in [-0.2, -0.15) is 0 Å². The highest BCUT2D eigenvalue weighted by atomic mass is 32.1. The molecule has 1 fully saturated rings. The van der Waals surface area contributed by atoms with Crippen LogP contribution in [0.1, 0.15) is 50.6 Å². The molecule has 0 saturated heterocycles. The number of anilines is 1. The minimum absolute atomic E-state index is 0.0728. The lowest BCUT2D eigenvalue weighted by molar-refractivity contribution is -0.136. The lowest BCUT2D eigenvalue weighted by Crippen LogP contribution is -2.46. The Balaban J connectivity index is 1.86. The van der Waals surface area contributed by atoms with Crippen LogP contribution in [-0.4, -0.2) is 36.0 Å². The number of carbonyl (C=O) groups is 2. The maximum atomic E-state index is 12.6. The maximum Gasteiger partial charge on any atom is 0.337 e. The lowest BCUT2D eigenvalue weighted by Gasteiger charge is -2.35. The number of methoxy groups -OCH3 is 1. The first kappa shape index (κ1) is 20.3. The predicted octanol–water partition coefficient (Wildman–Crippen LogP) is 3.51. The van der Waals surface area contributed by atoms with Gasteiger partial charge in [-0.1, -0.05) is 31.4 Å². The van der Waals surface area contributed by atoms with Crippen LogP contribution in [0.2, 0.25) is 0 Å². The van der Waals surface area contributed by atoms with Gasteiger partial charge in [-0.05, 0) is 49.7 Å².